The highest BCUT2D eigenvalue weighted by atomic mass is 32.2. The Kier molecular flexibility index (Phi) is 3.44. The number of nitrogens with two attached hydrogens (primary N) is 2. The van der Waals surface area contributed by atoms with Crippen molar-refractivity contribution < 1.29 is 5.41 Å². The predicted molar refractivity (Wildman–Crippen MR) is 81.5 cm³/mol. The lowest BCUT2D eigenvalue weighted by molar-refractivity contribution is -0.110. The van der Waals surface area contributed by atoms with Crippen molar-refractivity contribution >= 4 is 22.7 Å². The summed E-state index contributed by atoms with van der Waals surface area (Å²) in [7, 11) is 0. The van der Waals surface area contributed by atoms with Gasteiger partial charge in [-0.1, -0.05) is 30.3 Å². The quantitative estimate of drug-likeness (QED) is 0.441. The van der Waals surface area contributed by atoms with E-state index < -0.39 is 0 Å². The Balaban J connectivity index is 2.03. The number of benzene rings is 1. The first-order valence-electron chi connectivity index (χ1n) is 6.18. The zero-order chi connectivity index (χ0) is 14.8. The zero-order valence-electron chi connectivity index (χ0n) is 11.0. The van der Waals surface area contributed by atoms with E-state index in [1.807, 2.05) is 30.3 Å². The Morgan fingerprint density at radius 1 is 1.33 bits per heavy atom. The SMILES string of the molecule is NC(=[NH2+])SCc1nc2nc(-c3ccccc3)cc(=O)n2[nH]1. The molecule has 0 fully saturated rings. The molecular formula is C13H13N6OS+. The van der Waals surface area contributed by atoms with Gasteiger partial charge in [0.25, 0.3) is 16.5 Å². The maximum absolute atomic E-state index is 12.1. The lowest BCUT2D eigenvalue weighted by atomic mass is 10.1. The summed E-state index contributed by atoms with van der Waals surface area (Å²) in [5.74, 6) is 1.36. The summed E-state index contributed by atoms with van der Waals surface area (Å²) in [6, 6.07) is 11.0. The molecular weight excluding hydrogens is 288 g/mol. The van der Waals surface area contributed by atoms with Gasteiger partial charge in [0.1, 0.15) is 5.82 Å². The van der Waals surface area contributed by atoms with Gasteiger partial charge < -0.3 is 0 Å². The molecule has 0 aliphatic rings. The number of rotatable bonds is 3. The Bertz CT molecular complexity index is 854. The third-order valence-electron chi connectivity index (χ3n) is 2.82. The van der Waals surface area contributed by atoms with E-state index >= 15 is 0 Å². The van der Waals surface area contributed by atoms with Crippen molar-refractivity contribution in [3.8, 4) is 11.3 Å². The van der Waals surface area contributed by atoms with E-state index in [4.69, 9.17) is 11.1 Å². The van der Waals surface area contributed by atoms with Crippen LogP contribution in [0, 0.1) is 0 Å². The summed E-state index contributed by atoms with van der Waals surface area (Å²) in [6.45, 7) is 0. The maximum Gasteiger partial charge on any atom is 0.300 e. The van der Waals surface area contributed by atoms with E-state index in [2.05, 4.69) is 15.1 Å². The molecule has 5 N–H and O–H groups in total. The lowest BCUT2D eigenvalue weighted by Gasteiger charge is -1.99. The number of amidine groups is 1. The molecule has 0 aliphatic heterocycles. The fourth-order valence-electron chi connectivity index (χ4n) is 1.90. The van der Waals surface area contributed by atoms with Gasteiger partial charge in [0.05, 0.1) is 11.4 Å². The summed E-state index contributed by atoms with van der Waals surface area (Å²) in [4.78, 5) is 20.8. The Morgan fingerprint density at radius 2 is 2.10 bits per heavy atom. The van der Waals surface area contributed by atoms with Gasteiger partial charge in [0.15, 0.2) is 0 Å². The van der Waals surface area contributed by atoms with E-state index in [1.165, 1.54) is 22.3 Å². The summed E-state index contributed by atoms with van der Waals surface area (Å²) in [5, 5.41) is 8.53. The second kappa shape index (κ2) is 5.41. The number of nitrogens with zero attached hydrogens (tertiary/aromatic N) is 3. The van der Waals surface area contributed by atoms with Gasteiger partial charge in [-0.15, -0.1) is 0 Å². The van der Waals surface area contributed by atoms with Crippen LogP contribution in [0.2, 0.25) is 0 Å². The smallest absolute Gasteiger partial charge is 0.282 e. The number of fused-ring (bicyclic) bond motifs is 1. The largest absolute Gasteiger partial charge is 0.300 e. The monoisotopic (exact) mass is 301 g/mol. The highest BCUT2D eigenvalue weighted by Gasteiger charge is 2.10. The predicted octanol–water partition coefficient (Wildman–Crippen LogP) is -0.608. The first-order chi connectivity index (χ1) is 10.1. The van der Waals surface area contributed by atoms with E-state index in [0.29, 0.717) is 23.0 Å². The van der Waals surface area contributed by atoms with Crippen LogP contribution in [0.25, 0.3) is 17.0 Å². The summed E-state index contributed by atoms with van der Waals surface area (Å²) in [5.41, 5.74) is 6.65. The fourth-order valence-corrected chi connectivity index (χ4v) is 2.33. The molecule has 0 saturated heterocycles. The highest BCUT2D eigenvalue weighted by molar-refractivity contribution is 8.12. The van der Waals surface area contributed by atoms with Crippen molar-refractivity contribution in [2.24, 2.45) is 5.73 Å². The van der Waals surface area contributed by atoms with Gasteiger partial charge in [-0.2, -0.15) is 9.50 Å². The number of aromatic amines is 1. The van der Waals surface area contributed by atoms with Crippen LogP contribution in [0.4, 0.5) is 0 Å². The molecule has 0 spiro atoms. The van der Waals surface area contributed by atoms with Crippen molar-refractivity contribution in [2.45, 2.75) is 5.75 Å². The molecule has 0 saturated carbocycles. The minimum Gasteiger partial charge on any atom is -0.282 e. The van der Waals surface area contributed by atoms with Crippen molar-refractivity contribution in [3.05, 3.63) is 52.6 Å². The van der Waals surface area contributed by atoms with Crippen LogP contribution in [0.3, 0.4) is 0 Å². The number of hydrogen-bond acceptors (Lipinski definition) is 4. The molecule has 1 aromatic carbocycles. The normalized spacial score (nSPS) is 10.9. The Morgan fingerprint density at radius 3 is 2.81 bits per heavy atom. The third kappa shape index (κ3) is 2.79. The molecule has 3 aromatic rings. The summed E-state index contributed by atoms with van der Waals surface area (Å²) in [6.07, 6.45) is 0. The average Bonchev–Trinajstić information content (AvgIpc) is 2.90. The van der Waals surface area contributed by atoms with Gasteiger partial charge in [0.2, 0.25) is 0 Å². The molecule has 2 aromatic heterocycles. The molecule has 0 bridgehead atoms. The number of thioether (sulfide) groups is 1. The second-order valence-corrected chi connectivity index (χ2v) is 5.39. The van der Waals surface area contributed by atoms with Crippen molar-refractivity contribution in [2.75, 3.05) is 0 Å². The number of H-pyrrole nitrogens is 1. The Labute approximate surface area is 123 Å². The van der Waals surface area contributed by atoms with Crippen LogP contribution < -0.4 is 16.7 Å². The number of nitrogens with one attached hydrogen (secondary N) is 1. The van der Waals surface area contributed by atoms with E-state index in [1.54, 1.807) is 0 Å². The molecule has 2 heterocycles. The van der Waals surface area contributed by atoms with E-state index in [0.717, 1.165) is 5.56 Å². The van der Waals surface area contributed by atoms with Crippen LogP contribution in [-0.2, 0) is 5.75 Å². The highest BCUT2D eigenvalue weighted by Crippen LogP contribution is 2.15. The topological polar surface area (TPSA) is 115 Å². The van der Waals surface area contributed by atoms with Crippen molar-refractivity contribution in [1.29, 1.82) is 0 Å². The molecule has 21 heavy (non-hydrogen) atoms. The Hall–Kier alpha value is -2.61. The molecule has 7 nitrogen and oxygen atoms in total. The van der Waals surface area contributed by atoms with Crippen LogP contribution in [0.5, 0.6) is 0 Å². The van der Waals surface area contributed by atoms with Gasteiger partial charge >= 0.3 is 0 Å². The lowest BCUT2D eigenvalue weighted by Crippen LogP contribution is -2.43. The second-order valence-electron chi connectivity index (χ2n) is 4.34. The number of aromatic nitrogens is 4. The van der Waals surface area contributed by atoms with Gasteiger partial charge in [0, 0.05) is 11.6 Å². The minimum absolute atomic E-state index is 0.215. The first-order valence-corrected chi connectivity index (χ1v) is 7.17. The minimum atomic E-state index is -0.215. The van der Waals surface area contributed by atoms with Gasteiger partial charge in [-0.05, 0) is 11.8 Å². The molecule has 0 atom stereocenters. The summed E-state index contributed by atoms with van der Waals surface area (Å²) < 4.78 is 1.30. The molecule has 106 valence electrons. The average molecular weight is 301 g/mol. The van der Waals surface area contributed by atoms with Crippen molar-refractivity contribution in [3.63, 3.8) is 0 Å². The summed E-state index contributed by atoms with van der Waals surface area (Å²) >= 11 is 1.24. The number of hydrogen-bond donors (Lipinski definition) is 3. The van der Waals surface area contributed by atoms with Gasteiger partial charge in [-0.25, -0.2) is 4.98 Å². The van der Waals surface area contributed by atoms with Crippen LogP contribution in [0.1, 0.15) is 5.82 Å². The first kappa shape index (κ1) is 13.4. The molecule has 0 radical (unpaired) electrons. The van der Waals surface area contributed by atoms with E-state index in [-0.39, 0.29) is 10.7 Å². The molecule has 8 heteroatoms. The van der Waals surface area contributed by atoms with Crippen molar-refractivity contribution in [1.82, 2.24) is 19.6 Å². The zero-order valence-corrected chi connectivity index (χ0v) is 11.8. The molecule has 0 aliphatic carbocycles. The molecule has 3 rings (SSSR count). The van der Waals surface area contributed by atoms with Crippen LogP contribution in [0.15, 0.2) is 41.2 Å². The van der Waals surface area contributed by atoms with E-state index in [9.17, 15) is 4.79 Å². The van der Waals surface area contributed by atoms with Crippen LogP contribution in [-0.4, -0.2) is 24.7 Å². The maximum atomic E-state index is 12.1. The fraction of sp³-hybridized carbons (Fsp3) is 0.0769. The van der Waals surface area contributed by atoms with Crippen LogP contribution >= 0.6 is 11.8 Å². The standard InChI is InChI=1S/C13H12N6OS/c14-12(15)21-7-10-17-13-16-9(6-11(20)19(13)18-10)8-4-2-1-3-5-8/h1-6H,7H2,(H3,14,15)(H,16,17,18)/p+1. The molecule has 0 unspecified atom stereocenters. The van der Waals surface area contributed by atoms with Gasteiger partial charge in [-0.3, -0.25) is 21.0 Å². The molecule has 0 amide bonds. The third-order valence-corrected chi connectivity index (χ3v) is 3.57.